The van der Waals surface area contributed by atoms with E-state index in [1.807, 2.05) is 6.08 Å². The third-order valence-corrected chi connectivity index (χ3v) is 4.58. The van der Waals surface area contributed by atoms with E-state index in [-0.39, 0.29) is 0 Å². The van der Waals surface area contributed by atoms with Gasteiger partial charge in [-0.3, -0.25) is 4.90 Å². The zero-order valence-electron chi connectivity index (χ0n) is 11.3. The highest BCUT2D eigenvalue weighted by Gasteiger charge is 2.28. The SMILES string of the molecule is CCC1CCC(N2CC(=N)C=CCC2C)CC1. The van der Waals surface area contributed by atoms with Gasteiger partial charge in [0, 0.05) is 24.3 Å². The minimum absolute atomic E-state index is 0.609. The highest BCUT2D eigenvalue weighted by Crippen LogP contribution is 2.31. The van der Waals surface area contributed by atoms with Gasteiger partial charge in [0.2, 0.25) is 0 Å². The van der Waals surface area contributed by atoms with Gasteiger partial charge in [-0.2, -0.15) is 0 Å². The van der Waals surface area contributed by atoms with Crippen LogP contribution in [0.5, 0.6) is 0 Å². The first kappa shape index (κ1) is 12.8. The lowest BCUT2D eigenvalue weighted by Crippen LogP contribution is -2.45. The van der Waals surface area contributed by atoms with Gasteiger partial charge in [-0.05, 0) is 51.0 Å². The van der Waals surface area contributed by atoms with Crippen LogP contribution in [-0.2, 0) is 0 Å². The molecule has 1 aliphatic heterocycles. The fourth-order valence-electron chi connectivity index (χ4n) is 3.32. The molecule has 0 aromatic rings. The Labute approximate surface area is 106 Å². The Morgan fingerprint density at radius 2 is 2.00 bits per heavy atom. The Morgan fingerprint density at radius 3 is 2.65 bits per heavy atom. The maximum atomic E-state index is 7.92. The van der Waals surface area contributed by atoms with E-state index >= 15 is 0 Å². The quantitative estimate of drug-likeness (QED) is 0.776. The van der Waals surface area contributed by atoms with Gasteiger partial charge in [0.05, 0.1) is 0 Å². The van der Waals surface area contributed by atoms with Crippen molar-refractivity contribution in [3.8, 4) is 0 Å². The van der Waals surface area contributed by atoms with Crippen LogP contribution >= 0.6 is 0 Å². The predicted molar refractivity (Wildman–Crippen MR) is 73.7 cm³/mol. The molecule has 1 saturated carbocycles. The van der Waals surface area contributed by atoms with Crippen molar-refractivity contribution in [2.45, 2.75) is 64.5 Å². The van der Waals surface area contributed by atoms with Crippen molar-refractivity contribution in [3.05, 3.63) is 12.2 Å². The van der Waals surface area contributed by atoms with Crippen molar-refractivity contribution in [3.63, 3.8) is 0 Å². The zero-order valence-corrected chi connectivity index (χ0v) is 11.3. The Hall–Kier alpha value is -0.630. The molecule has 1 fully saturated rings. The molecule has 1 heterocycles. The third-order valence-electron chi connectivity index (χ3n) is 4.58. The topological polar surface area (TPSA) is 27.1 Å². The van der Waals surface area contributed by atoms with E-state index in [9.17, 15) is 0 Å². The van der Waals surface area contributed by atoms with Crippen molar-refractivity contribution in [1.82, 2.24) is 4.90 Å². The van der Waals surface area contributed by atoms with Crippen molar-refractivity contribution in [2.75, 3.05) is 6.54 Å². The molecule has 0 spiro atoms. The van der Waals surface area contributed by atoms with Gasteiger partial charge in [0.25, 0.3) is 0 Å². The number of rotatable bonds is 2. The molecule has 1 atom stereocenters. The zero-order chi connectivity index (χ0) is 12.3. The van der Waals surface area contributed by atoms with E-state index in [1.54, 1.807) is 0 Å². The average Bonchev–Trinajstić information content (AvgIpc) is 2.51. The van der Waals surface area contributed by atoms with E-state index in [0.29, 0.717) is 6.04 Å². The standard InChI is InChI=1S/C15H26N2/c1-3-13-7-9-15(10-8-13)17-11-14(16)6-4-5-12(17)2/h4,6,12-13,15-16H,3,5,7-11H2,1-2H3. The lowest BCUT2D eigenvalue weighted by atomic mass is 9.83. The van der Waals surface area contributed by atoms with Crippen LogP contribution in [0.15, 0.2) is 12.2 Å². The summed E-state index contributed by atoms with van der Waals surface area (Å²) in [6.07, 6.45) is 12.1. The molecule has 2 heteroatoms. The molecule has 96 valence electrons. The summed E-state index contributed by atoms with van der Waals surface area (Å²) in [6, 6.07) is 1.34. The first-order chi connectivity index (χ1) is 8.20. The second-order valence-corrected chi connectivity index (χ2v) is 5.77. The summed E-state index contributed by atoms with van der Waals surface area (Å²) < 4.78 is 0. The summed E-state index contributed by atoms with van der Waals surface area (Å²) in [6.45, 7) is 5.49. The maximum absolute atomic E-state index is 7.92. The number of hydrogen-bond donors (Lipinski definition) is 1. The first-order valence-electron chi connectivity index (χ1n) is 7.20. The molecule has 1 aliphatic carbocycles. The molecular weight excluding hydrogens is 208 g/mol. The largest absolute Gasteiger partial charge is 0.304 e. The van der Waals surface area contributed by atoms with Gasteiger partial charge in [-0.25, -0.2) is 0 Å². The Balaban J connectivity index is 1.94. The van der Waals surface area contributed by atoms with Crippen LogP contribution in [-0.4, -0.2) is 29.2 Å². The first-order valence-corrected chi connectivity index (χ1v) is 7.20. The van der Waals surface area contributed by atoms with Crippen LogP contribution in [0.1, 0.15) is 52.4 Å². The van der Waals surface area contributed by atoms with Crippen LogP contribution < -0.4 is 0 Å². The second kappa shape index (κ2) is 5.81. The Kier molecular flexibility index (Phi) is 4.38. The molecule has 0 amide bonds. The Bertz CT molecular complexity index is 287. The van der Waals surface area contributed by atoms with Crippen molar-refractivity contribution < 1.29 is 0 Å². The molecule has 0 radical (unpaired) electrons. The van der Waals surface area contributed by atoms with E-state index in [0.717, 1.165) is 30.6 Å². The number of hydrogen-bond acceptors (Lipinski definition) is 2. The normalized spacial score (nSPS) is 35.9. The molecule has 0 bridgehead atoms. The molecule has 0 saturated heterocycles. The Morgan fingerprint density at radius 1 is 1.29 bits per heavy atom. The third kappa shape index (κ3) is 3.19. The molecule has 2 aliphatic rings. The summed E-state index contributed by atoms with van der Waals surface area (Å²) in [5.41, 5.74) is 0.784. The van der Waals surface area contributed by atoms with Gasteiger partial charge in [0.15, 0.2) is 0 Å². The summed E-state index contributed by atoms with van der Waals surface area (Å²) in [5, 5.41) is 7.92. The van der Waals surface area contributed by atoms with Gasteiger partial charge in [0.1, 0.15) is 0 Å². The van der Waals surface area contributed by atoms with E-state index in [2.05, 4.69) is 24.8 Å². The summed E-state index contributed by atoms with van der Waals surface area (Å²) >= 11 is 0. The van der Waals surface area contributed by atoms with Crippen LogP contribution in [0.3, 0.4) is 0 Å². The average molecular weight is 234 g/mol. The minimum atomic E-state index is 0.609. The maximum Gasteiger partial charge on any atom is 0.0451 e. The van der Waals surface area contributed by atoms with Gasteiger partial charge < -0.3 is 5.41 Å². The second-order valence-electron chi connectivity index (χ2n) is 5.77. The molecule has 17 heavy (non-hydrogen) atoms. The molecule has 1 N–H and O–H groups in total. The van der Waals surface area contributed by atoms with Gasteiger partial charge in [-0.15, -0.1) is 0 Å². The predicted octanol–water partition coefficient (Wildman–Crippen LogP) is 3.63. The van der Waals surface area contributed by atoms with E-state index < -0.39 is 0 Å². The van der Waals surface area contributed by atoms with E-state index in [1.165, 1.54) is 32.1 Å². The van der Waals surface area contributed by atoms with Crippen LogP contribution in [0.2, 0.25) is 0 Å². The lowest BCUT2D eigenvalue weighted by Gasteiger charge is -2.39. The number of nitrogens with one attached hydrogen (secondary N) is 1. The fraction of sp³-hybridized carbons (Fsp3) is 0.800. The van der Waals surface area contributed by atoms with Crippen LogP contribution in [0, 0.1) is 11.3 Å². The van der Waals surface area contributed by atoms with Crippen molar-refractivity contribution >= 4 is 5.71 Å². The van der Waals surface area contributed by atoms with Gasteiger partial charge >= 0.3 is 0 Å². The summed E-state index contributed by atoms with van der Waals surface area (Å²) in [5.74, 6) is 0.964. The molecule has 2 nitrogen and oxygen atoms in total. The molecule has 1 unspecified atom stereocenters. The smallest absolute Gasteiger partial charge is 0.0451 e. The van der Waals surface area contributed by atoms with E-state index in [4.69, 9.17) is 5.41 Å². The molecule has 0 aromatic heterocycles. The number of nitrogens with zero attached hydrogens (tertiary/aromatic N) is 1. The molecular formula is C15H26N2. The summed E-state index contributed by atoms with van der Waals surface area (Å²) in [4.78, 5) is 2.58. The highest BCUT2D eigenvalue weighted by molar-refractivity contribution is 5.94. The van der Waals surface area contributed by atoms with Crippen LogP contribution in [0.4, 0.5) is 0 Å². The van der Waals surface area contributed by atoms with Crippen LogP contribution in [0.25, 0.3) is 0 Å². The van der Waals surface area contributed by atoms with Crippen molar-refractivity contribution in [2.24, 2.45) is 5.92 Å². The molecule has 2 rings (SSSR count). The highest BCUT2D eigenvalue weighted by atomic mass is 15.2. The minimum Gasteiger partial charge on any atom is -0.304 e. The monoisotopic (exact) mass is 234 g/mol. The van der Waals surface area contributed by atoms with Crippen molar-refractivity contribution in [1.29, 1.82) is 5.41 Å². The van der Waals surface area contributed by atoms with Gasteiger partial charge in [-0.1, -0.05) is 19.4 Å². The lowest BCUT2D eigenvalue weighted by molar-refractivity contribution is 0.116. The summed E-state index contributed by atoms with van der Waals surface area (Å²) in [7, 11) is 0. The fourth-order valence-corrected chi connectivity index (χ4v) is 3.32. The molecule has 0 aromatic carbocycles.